The zero-order chi connectivity index (χ0) is 10.8. The monoisotopic (exact) mass is 211 g/mol. The summed E-state index contributed by atoms with van der Waals surface area (Å²) in [5.74, 6) is 0.942. The van der Waals surface area contributed by atoms with Crippen LogP contribution in [0, 0.1) is 5.92 Å². The Balaban J connectivity index is 1.94. The van der Waals surface area contributed by atoms with Gasteiger partial charge in [-0.2, -0.15) is 0 Å². The van der Waals surface area contributed by atoms with Crippen molar-refractivity contribution in [2.75, 3.05) is 6.54 Å². The Morgan fingerprint density at radius 3 is 2.60 bits per heavy atom. The average Bonchev–Trinajstić information content (AvgIpc) is 2.81. The third-order valence-corrected chi connectivity index (χ3v) is 4.32. The van der Waals surface area contributed by atoms with Crippen LogP contribution in [0.2, 0.25) is 0 Å². The largest absolute Gasteiger partial charge is 0.391 e. The van der Waals surface area contributed by atoms with Gasteiger partial charge in [-0.25, -0.2) is 0 Å². The van der Waals surface area contributed by atoms with Crippen molar-refractivity contribution >= 4 is 0 Å². The topological polar surface area (TPSA) is 23.5 Å². The molecule has 2 nitrogen and oxygen atoms in total. The van der Waals surface area contributed by atoms with E-state index in [4.69, 9.17) is 0 Å². The van der Waals surface area contributed by atoms with Crippen LogP contribution < -0.4 is 0 Å². The first-order chi connectivity index (χ1) is 7.26. The Kier molecular flexibility index (Phi) is 3.68. The molecule has 0 radical (unpaired) electrons. The van der Waals surface area contributed by atoms with Crippen molar-refractivity contribution in [2.45, 2.75) is 70.6 Å². The van der Waals surface area contributed by atoms with E-state index in [1.807, 2.05) is 0 Å². The molecular formula is C13H25NO. The maximum Gasteiger partial charge on any atom is 0.0695 e. The Hall–Kier alpha value is -0.0800. The lowest BCUT2D eigenvalue weighted by molar-refractivity contribution is 0.0242. The van der Waals surface area contributed by atoms with Crippen LogP contribution in [-0.2, 0) is 0 Å². The number of rotatable bonds is 5. The van der Waals surface area contributed by atoms with Crippen LogP contribution in [0.25, 0.3) is 0 Å². The second kappa shape index (κ2) is 4.84. The van der Waals surface area contributed by atoms with Gasteiger partial charge in [0.1, 0.15) is 0 Å². The molecule has 0 spiro atoms. The van der Waals surface area contributed by atoms with Crippen molar-refractivity contribution in [3.63, 3.8) is 0 Å². The Bertz CT molecular complexity index is 207. The molecule has 4 atom stereocenters. The summed E-state index contributed by atoms with van der Waals surface area (Å²) < 4.78 is 0. The Morgan fingerprint density at radius 2 is 2.13 bits per heavy atom. The SMILES string of the molecule is CCCC(O)C(CC)N1CC2CCC1C2. The summed E-state index contributed by atoms with van der Waals surface area (Å²) in [5, 5.41) is 10.2. The molecule has 1 N–H and O–H groups in total. The molecule has 0 aromatic carbocycles. The van der Waals surface area contributed by atoms with E-state index in [0.29, 0.717) is 6.04 Å². The van der Waals surface area contributed by atoms with Crippen LogP contribution in [0.1, 0.15) is 52.4 Å². The van der Waals surface area contributed by atoms with Crippen molar-refractivity contribution in [1.29, 1.82) is 0 Å². The zero-order valence-electron chi connectivity index (χ0n) is 10.2. The fourth-order valence-corrected chi connectivity index (χ4v) is 3.58. The van der Waals surface area contributed by atoms with Crippen molar-refractivity contribution < 1.29 is 5.11 Å². The van der Waals surface area contributed by atoms with Gasteiger partial charge in [-0.3, -0.25) is 4.90 Å². The molecule has 0 aromatic rings. The molecular weight excluding hydrogens is 186 g/mol. The normalized spacial score (nSPS) is 34.6. The van der Waals surface area contributed by atoms with Gasteiger partial charge in [0.2, 0.25) is 0 Å². The Labute approximate surface area is 93.7 Å². The van der Waals surface area contributed by atoms with Crippen molar-refractivity contribution in [3.8, 4) is 0 Å². The minimum absolute atomic E-state index is 0.0978. The molecule has 2 aliphatic rings. The van der Waals surface area contributed by atoms with Gasteiger partial charge in [-0.05, 0) is 38.0 Å². The van der Waals surface area contributed by atoms with Crippen LogP contribution >= 0.6 is 0 Å². The maximum absolute atomic E-state index is 10.2. The number of likely N-dealkylation sites (tertiary alicyclic amines) is 1. The van der Waals surface area contributed by atoms with Gasteiger partial charge < -0.3 is 5.11 Å². The van der Waals surface area contributed by atoms with E-state index >= 15 is 0 Å². The quantitative estimate of drug-likeness (QED) is 0.755. The van der Waals surface area contributed by atoms with E-state index in [1.54, 1.807) is 0 Å². The zero-order valence-corrected chi connectivity index (χ0v) is 10.2. The molecule has 1 heterocycles. The molecule has 88 valence electrons. The summed E-state index contributed by atoms with van der Waals surface area (Å²) in [5.41, 5.74) is 0. The molecule has 2 bridgehead atoms. The highest BCUT2D eigenvalue weighted by Gasteiger charge is 2.41. The molecule has 0 aromatic heterocycles. The first-order valence-electron chi connectivity index (χ1n) is 6.70. The van der Waals surface area contributed by atoms with Crippen LogP contribution in [0.5, 0.6) is 0 Å². The van der Waals surface area contributed by atoms with Gasteiger partial charge in [0.15, 0.2) is 0 Å². The van der Waals surface area contributed by atoms with Gasteiger partial charge in [-0.1, -0.05) is 20.3 Å². The number of hydrogen-bond acceptors (Lipinski definition) is 2. The molecule has 2 fully saturated rings. The minimum atomic E-state index is -0.0978. The lowest BCUT2D eigenvalue weighted by Crippen LogP contribution is -2.47. The predicted molar refractivity (Wildman–Crippen MR) is 62.8 cm³/mol. The van der Waals surface area contributed by atoms with Crippen molar-refractivity contribution in [1.82, 2.24) is 4.90 Å². The van der Waals surface area contributed by atoms with Gasteiger partial charge in [0.05, 0.1) is 6.10 Å². The van der Waals surface area contributed by atoms with Gasteiger partial charge in [0.25, 0.3) is 0 Å². The smallest absolute Gasteiger partial charge is 0.0695 e. The molecule has 1 saturated heterocycles. The fraction of sp³-hybridized carbons (Fsp3) is 1.00. The van der Waals surface area contributed by atoms with Crippen LogP contribution in [0.3, 0.4) is 0 Å². The minimum Gasteiger partial charge on any atom is -0.391 e. The molecule has 1 saturated carbocycles. The van der Waals surface area contributed by atoms with E-state index in [1.165, 1.54) is 25.8 Å². The number of piperidine rings is 1. The highest BCUT2D eigenvalue weighted by Crippen LogP contribution is 2.39. The van der Waals surface area contributed by atoms with E-state index in [0.717, 1.165) is 31.2 Å². The summed E-state index contributed by atoms with van der Waals surface area (Å²) in [6.45, 7) is 5.63. The number of fused-ring (bicyclic) bond motifs is 2. The number of nitrogens with zero attached hydrogens (tertiary/aromatic N) is 1. The molecule has 1 aliphatic carbocycles. The van der Waals surface area contributed by atoms with Crippen LogP contribution in [0.4, 0.5) is 0 Å². The highest BCUT2D eigenvalue weighted by atomic mass is 16.3. The lowest BCUT2D eigenvalue weighted by Gasteiger charge is -2.37. The molecule has 2 rings (SSSR count). The number of hydrogen-bond donors (Lipinski definition) is 1. The van der Waals surface area contributed by atoms with Gasteiger partial charge >= 0.3 is 0 Å². The fourth-order valence-electron chi connectivity index (χ4n) is 3.58. The van der Waals surface area contributed by atoms with Gasteiger partial charge in [-0.15, -0.1) is 0 Å². The second-order valence-corrected chi connectivity index (χ2v) is 5.36. The first-order valence-corrected chi connectivity index (χ1v) is 6.70. The standard InChI is InChI=1S/C13H25NO/c1-3-5-13(15)12(4-2)14-9-10-6-7-11(14)8-10/h10-13,15H,3-9H2,1-2H3. The summed E-state index contributed by atoms with van der Waals surface area (Å²) in [4.78, 5) is 2.61. The van der Waals surface area contributed by atoms with Crippen molar-refractivity contribution in [2.24, 2.45) is 5.92 Å². The second-order valence-electron chi connectivity index (χ2n) is 5.36. The molecule has 4 unspecified atom stereocenters. The molecule has 1 aliphatic heterocycles. The summed E-state index contributed by atoms with van der Waals surface area (Å²) in [6, 6.07) is 1.23. The lowest BCUT2D eigenvalue weighted by atomic mass is 9.99. The van der Waals surface area contributed by atoms with Gasteiger partial charge in [0, 0.05) is 18.6 Å². The Morgan fingerprint density at radius 1 is 1.33 bits per heavy atom. The van der Waals surface area contributed by atoms with E-state index in [2.05, 4.69) is 18.7 Å². The third-order valence-electron chi connectivity index (χ3n) is 4.32. The van der Waals surface area contributed by atoms with Crippen LogP contribution in [0.15, 0.2) is 0 Å². The van der Waals surface area contributed by atoms with Crippen molar-refractivity contribution in [3.05, 3.63) is 0 Å². The van der Waals surface area contributed by atoms with E-state index < -0.39 is 0 Å². The van der Waals surface area contributed by atoms with E-state index in [-0.39, 0.29) is 6.10 Å². The third kappa shape index (κ3) is 2.21. The summed E-state index contributed by atoms with van der Waals surface area (Å²) in [6.07, 6.45) is 7.27. The molecule has 15 heavy (non-hydrogen) atoms. The average molecular weight is 211 g/mol. The molecule has 0 amide bonds. The number of aliphatic hydroxyl groups excluding tert-OH is 1. The summed E-state index contributed by atoms with van der Waals surface area (Å²) in [7, 11) is 0. The molecule has 2 heteroatoms. The van der Waals surface area contributed by atoms with Crippen LogP contribution in [-0.4, -0.2) is 34.7 Å². The number of aliphatic hydroxyl groups is 1. The predicted octanol–water partition coefficient (Wildman–Crippen LogP) is 2.41. The highest BCUT2D eigenvalue weighted by molar-refractivity contribution is 4.96. The van der Waals surface area contributed by atoms with E-state index in [9.17, 15) is 5.11 Å². The summed E-state index contributed by atoms with van der Waals surface area (Å²) >= 11 is 0. The maximum atomic E-state index is 10.2. The first kappa shape index (κ1) is 11.4.